The highest BCUT2D eigenvalue weighted by molar-refractivity contribution is 5.96. The van der Waals surface area contributed by atoms with E-state index in [2.05, 4.69) is 19.9 Å². The molecule has 8 heteroatoms. The second kappa shape index (κ2) is 7.69. The minimum atomic E-state index is -0.574. The lowest BCUT2D eigenvalue weighted by molar-refractivity contribution is 0.0969. The van der Waals surface area contributed by atoms with E-state index in [1.807, 2.05) is 36.6 Å². The SMILES string of the molecule is Cc1cccc(-n2c(C)c(C)n3c4c(=O)n(CC(=O)c5ccccc5)c(=O)n(C)c4nc23)c1C. The van der Waals surface area contributed by atoms with Gasteiger partial charge >= 0.3 is 5.69 Å². The second-order valence-corrected chi connectivity index (χ2v) is 8.67. The molecule has 0 fully saturated rings. The molecule has 172 valence electrons. The molecule has 3 heterocycles. The first-order valence-corrected chi connectivity index (χ1v) is 11.1. The summed E-state index contributed by atoms with van der Waals surface area (Å²) in [5.41, 5.74) is 4.91. The Bertz CT molecular complexity index is 1730. The van der Waals surface area contributed by atoms with Gasteiger partial charge < -0.3 is 0 Å². The van der Waals surface area contributed by atoms with Gasteiger partial charge in [-0.1, -0.05) is 42.5 Å². The monoisotopic (exact) mass is 455 g/mol. The van der Waals surface area contributed by atoms with Gasteiger partial charge in [-0.25, -0.2) is 4.79 Å². The molecular weight excluding hydrogens is 430 g/mol. The number of ketones is 1. The summed E-state index contributed by atoms with van der Waals surface area (Å²) in [5, 5.41) is 0. The average Bonchev–Trinajstić information content (AvgIpc) is 3.33. The molecule has 8 nitrogen and oxygen atoms in total. The summed E-state index contributed by atoms with van der Waals surface area (Å²) in [6.07, 6.45) is 0. The van der Waals surface area contributed by atoms with Crippen molar-refractivity contribution in [3.05, 3.63) is 97.4 Å². The highest BCUT2D eigenvalue weighted by Gasteiger charge is 2.24. The van der Waals surface area contributed by atoms with Gasteiger partial charge in [-0.3, -0.25) is 27.7 Å². The van der Waals surface area contributed by atoms with Crippen LogP contribution in [0.25, 0.3) is 22.6 Å². The van der Waals surface area contributed by atoms with Crippen molar-refractivity contribution in [3.63, 3.8) is 0 Å². The van der Waals surface area contributed by atoms with Crippen LogP contribution in [0.1, 0.15) is 32.9 Å². The van der Waals surface area contributed by atoms with Crippen LogP contribution in [0.15, 0.2) is 58.1 Å². The average molecular weight is 456 g/mol. The zero-order valence-electron chi connectivity index (χ0n) is 19.8. The molecular formula is C26H25N5O3. The molecule has 0 spiro atoms. The molecule has 3 aromatic heterocycles. The molecule has 0 bridgehead atoms. The van der Waals surface area contributed by atoms with Gasteiger partial charge in [0.05, 0.1) is 12.2 Å². The molecule has 0 atom stereocenters. The molecule has 0 saturated carbocycles. The molecule has 2 aromatic carbocycles. The van der Waals surface area contributed by atoms with E-state index in [4.69, 9.17) is 4.98 Å². The minimum absolute atomic E-state index is 0.280. The predicted octanol–water partition coefficient (Wildman–Crippen LogP) is 3.26. The lowest BCUT2D eigenvalue weighted by Gasteiger charge is -2.12. The molecule has 34 heavy (non-hydrogen) atoms. The Morgan fingerprint density at radius 2 is 1.62 bits per heavy atom. The maximum atomic E-state index is 13.6. The zero-order valence-corrected chi connectivity index (χ0v) is 19.8. The summed E-state index contributed by atoms with van der Waals surface area (Å²) >= 11 is 0. The number of nitrogens with zero attached hydrogens (tertiary/aromatic N) is 5. The molecule has 0 saturated heterocycles. The van der Waals surface area contributed by atoms with Crippen LogP contribution >= 0.6 is 0 Å². The van der Waals surface area contributed by atoms with Gasteiger partial charge in [-0.2, -0.15) is 4.98 Å². The van der Waals surface area contributed by atoms with Crippen LogP contribution in [-0.4, -0.2) is 28.9 Å². The van der Waals surface area contributed by atoms with Crippen LogP contribution in [0.3, 0.4) is 0 Å². The maximum absolute atomic E-state index is 13.6. The number of rotatable bonds is 4. The van der Waals surface area contributed by atoms with Gasteiger partial charge in [0.2, 0.25) is 5.78 Å². The second-order valence-electron chi connectivity index (χ2n) is 8.67. The van der Waals surface area contributed by atoms with Crippen LogP contribution in [0.2, 0.25) is 0 Å². The van der Waals surface area contributed by atoms with Crippen molar-refractivity contribution in [1.29, 1.82) is 0 Å². The fraction of sp³-hybridized carbons (Fsp3) is 0.231. The van der Waals surface area contributed by atoms with E-state index in [1.165, 1.54) is 4.57 Å². The predicted molar refractivity (Wildman–Crippen MR) is 131 cm³/mol. The molecule has 0 amide bonds. The van der Waals surface area contributed by atoms with E-state index >= 15 is 0 Å². The van der Waals surface area contributed by atoms with Crippen molar-refractivity contribution in [3.8, 4) is 5.69 Å². The summed E-state index contributed by atoms with van der Waals surface area (Å²) in [4.78, 5) is 44.2. The molecule has 0 unspecified atom stereocenters. The number of hydrogen-bond donors (Lipinski definition) is 0. The zero-order chi connectivity index (χ0) is 24.3. The summed E-state index contributed by atoms with van der Waals surface area (Å²) < 4.78 is 6.14. The van der Waals surface area contributed by atoms with Gasteiger partial charge in [-0.15, -0.1) is 0 Å². The lowest BCUT2D eigenvalue weighted by atomic mass is 10.1. The molecule has 0 radical (unpaired) electrons. The van der Waals surface area contributed by atoms with Crippen molar-refractivity contribution in [2.45, 2.75) is 34.2 Å². The van der Waals surface area contributed by atoms with Crippen molar-refractivity contribution in [2.75, 3.05) is 0 Å². The van der Waals surface area contributed by atoms with E-state index in [-0.39, 0.29) is 23.5 Å². The Morgan fingerprint density at radius 1 is 0.912 bits per heavy atom. The fourth-order valence-corrected chi connectivity index (χ4v) is 4.52. The number of hydrogen-bond acceptors (Lipinski definition) is 4. The quantitative estimate of drug-likeness (QED) is 0.390. The first-order valence-electron chi connectivity index (χ1n) is 11.1. The molecule has 0 aliphatic rings. The third-order valence-corrected chi connectivity index (χ3v) is 6.73. The number of carbonyl (C=O) groups excluding carboxylic acids is 1. The van der Waals surface area contributed by atoms with Crippen LogP contribution in [0.4, 0.5) is 0 Å². The summed E-state index contributed by atoms with van der Waals surface area (Å²) in [6, 6.07) is 14.7. The number of aryl methyl sites for hydroxylation is 3. The summed E-state index contributed by atoms with van der Waals surface area (Å²) in [7, 11) is 1.57. The Morgan fingerprint density at radius 3 is 2.32 bits per heavy atom. The van der Waals surface area contributed by atoms with Crippen LogP contribution < -0.4 is 11.2 Å². The highest BCUT2D eigenvalue weighted by Crippen LogP contribution is 2.27. The highest BCUT2D eigenvalue weighted by atomic mass is 16.2. The Balaban J connectivity index is 1.81. The summed E-state index contributed by atoms with van der Waals surface area (Å²) in [6.45, 7) is 7.67. The summed E-state index contributed by atoms with van der Waals surface area (Å²) in [5.74, 6) is 0.249. The van der Waals surface area contributed by atoms with Gasteiger partial charge in [0.1, 0.15) is 0 Å². The van der Waals surface area contributed by atoms with Crippen LogP contribution in [0.5, 0.6) is 0 Å². The first-order chi connectivity index (χ1) is 16.2. The van der Waals surface area contributed by atoms with E-state index in [1.54, 1.807) is 35.7 Å². The molecule has 0 aliphatic carbocycles. The minimum Gasteiger partial charge on any atom is -0.292 e. The Kier molecular flexibility index (Phi) is 4.89. The van der Waals surface area contributed by atoms with Gasteiger partial charge in [0.15, 0.2) is 16.9 Å². The van der Waals surface area contributed by atoms with E-state index in [9.17, 15) is 14.4 Å². The smallest absolute Gasteiger partial charge is 0.292 e. The number of aromatic nitrogens is 5. The van der Waals surface area contributed by atoms with Crippen LogP contribution in [-0.2, 0) is 13.6 Å². The standard InChI is InChI=1S/C26H25N5O3/c1-15-10-9-13-20(16(15)2)30-17(3)18(4)31-22-23(27-25(30)31)28(5)26(34)29(24(22)33)14-21(32)19-11-7-6-8-12-19/h6-13H,14H2,1-5H3. The topological polar surface area (TPSA) is 83.3 Å². The molecule has 5 rings (SSSR count). The van der Waals surface area contributed by atoms with E-state index in [0.717, 1.165) is 32.8 Å². The van der Waals surface area contributed by atoms with Gasteiger partial charge in [0, 0.05) is 24.0 Å². The Labute approximate surface area is 195 Å². The lowest BCUT2D eigenvalue weighted by Crippen LogP contribution is -2.41. The number of fused-ring (bicyclic) bond motifs is 3. The number of carbonyl (C=O) groups is 1. The number of benzene rings is 2. The normalized spacial score (nSPS) is 11.6. The third-order valence-electron chi connectivity index (χ3n) is 6.73. The maximum Gasteiger partial charge on any atom is 0.332 e. The largest absolute Gasteiger partial charge is 0.332 e. The molecule has 5 aromatic rings. The fourth-order valence-electron chi connectivity index (χ4n) is 4.52. The van der Waals surface area contributed by atoms with Crippen LogP contribution in [0, 0.1) is 27.7 Å². The molecule has 0 aliphatic heterocycles. The molecule has 0 N–H and O–H groups in total. The van der Waals surface area contributed by atoms with Crippen molar-refractivity contribution in [1.82, 2.24) is 23.1 Å². The van der Waals surface area contributed by atoms with E-state index in [0.29, 0.717) is 11.3 Å². The third kappa shape index (κ3) is 2.98. The number of imidazole rings is 2. The Hall–Kier alpha value is -4.20. The van der Waals surface area contributed by atoms with Gasteiger partial charge in [-0.05, 0) is 44.9 Å². The van der Waals surface area contributed by atoms with Crippen molar-refractivity contribution in [2.24, 2.45) is 7.05 Å². The number of Topliss-reactive ketones (excluding diaryl/α,β-unsaturated/α-hetero) is 1. The van der Waals surface area contributed by atoms with Crippen molar-refractivity contribution >= 4 is 22.7 Å². The first kappa shape index (κ1) is 21.6. The van der Waals surface area contributed by atoms with Gasteiger partial charge in [0.25, 0.3) is 5.56 Å². The van der Waals surface area contributed by atoms with Crippen molar-refractivity contribution < 1.29 is 4.79 Å². The van der Waals surface area contributed by atoms with E-state index < -0.39 is 11.2 Å².